The molecule has 4 nitrogen and oxygen atoms in total. The van der Waals surface area contributed by atoms with Gasteiger partial charge in [-0.25, -0.2) is 0 Å². The van der Waals surface area contributed by atoms with Crippen LogP contribution in [0.1, 0.15) is 32.1 Å². The van der Waals surface area contributed by atoms with Crippen LogP contribution in [0.5, 0.6) is 0 Å². The zero-order chi connectivity index (χ0) is 11.2. The SMILES string of the molecule is N#CC1(C2(O)CCCOC2)CC2CCC1O2. The summed E-state index contributed by atoms with van der Waals surface area (Å²) in [5.41, 5.74) is -1.73. The first kappa shape index (κ1) is 10.5. The Bertz CT molecular complexity index is 332. The molecule has 0 aromatic carbocycles. The third-order valence-electron chi connectivity index (χ3n) is 4.46. The molecule has 0 aromatic heterocycles. The number of nitrogens with zero attached hydrogens (tertiary/aromatic N) is 1. The van der Waals surface area contributed by atoms with Crippen molar-refractivity contribution in [1.29, 1.82) is 5.26 Å². The van der Waals surface area contributed by atoms with Gasteiger partial charge in [-0.1, -0.05) is 0 Å². The van der Waals surface area contributed by atoms with Gasteiger partial charge in [-0.2, -0.15) is 5.26 Å². The van der Waals surface area contributed by atoms with Crippen LogP contribution in [0.15, 0.2) is 0 Å². The van der Waals surface area contributed by atoms with Crippen molar-refractivity contribution >= 4 is 0 Å². The molecule has 3 rings (SSSR count). The molecule has 0 saturated carbocycles. The van der Waals surface area contributed by atoms with Gasteiger partial charge in [-0.15, -0.1) is 0 Å². The first-order valence-corrected chi connectivity index (χ1v) is 6.07. The summed E-state index contributed by atoms with van der Waals surface area (Å²) in [5.74, 6) is 0. The molecule has 0 spiro atoms. The standard InChI is InChI=1S/C12H17NO3/c13-7-11(6-9-2-3-10(11)16-9)12(14)4-1-5-15-8-12/h9-10,14H,1-6,8H2. The van der Waals surface area contributed by atoms with Crippen LogP contribution in [0.4, 0.5) is 0 Å². The average molecular weight is 223 g/mol. The monoisotopic (exact) mass is 223 g/mol. The summed E-state index contributed by atoms with van der Waals surface area (Å²) in [5, 5.41) is 20.2. The number of hydrogen-bond donors (Lipinski definition) is 1. The molecule has 3 saturated heterocycles. The van der Waals surface area contributed by atoms with Crippen LogP contribution in [0.3, 0.4) is 0 Å². The third-order valence-corrected chi connectivity index (χ3v) is 4.46. The Morgan fingerprint density at radius 3 is 2.75 bits per heavy atom. The summed E-state index contributed by atoms with van der Waals surface area (Å²) < 4.78 is 11.1. The first-order valence-electron chi connectivity index (χ1n) is 6.07. The van der Waals surface area contributed by atoms with Crippen LogP contribution in [0.2, 0.25) is 0 Å². The highest BCUT2D eigenvalue weighted by Gasteiger charge is 2.63. The van der Waals surface area contributed by atoms with Crippen molar-refractivity contribution in [3.63, 3.8) is 0 Å². The smallest absolute Gasteiger partial charge is 0.117 e. The second-order valence-corrected chi connectivity index (χ2v) is 5.30. The van der Waals surface area contributed by atoms with Crippen LogP contribution in [-0.2, 0) is 9.47 Å². The molecular weight excluding hydrogens is 206 g/mol. The molecule has 3 aliphatic rings. The van der Waals surface area contributed by atoms with Gasteiger partial charge in [-0.3, -0.25) is 0 Å². The Kier molecular flexibility index (Phi) is 2.25. The zero-order valence-electron chi connectivity index (χ0n) is 9.32. The van der Waals surface area contributed by atoms with Crippen molar-refractivity contribution < 1.29 is 14.6 Å². The van der Waals surface area contributed by atoms with E-state index in [4.69, 9.17) is 9.47 Å². The Balaban J connectivity index is 1.93. The normalized spacial score (nSPS) is 51.5. The average Bonchev–Trinajstić information content (AvgIpc) is 2.90. The second kappa shape index (κ2) is 3.43. The topological polar surface area (TPSA) is 62.5 Å². The fraction of sp³-hybridized carbons (Fsp3) is 0.917. The Hall–Kier alpha value is -0.630. The van der Waals surface area contributed by atoms with Crippen LogP contribution < -0.4 is 0 Å². The van der Waals surface area contributed by atoms with E-state index in [1.54, 1.807) is 0 Å². The van der Waals surface area contributed by atoms with E-state index in [9.17, 15) is 10.4 Å². The van der Waals surface area contributed by atoms with Gasteiger partial charge in [0.05, 0.1) is 24.9 Å². The lowest BCUT2D eigenvalue weighted by atomic mass is 9.62. The molecule has 4 heteroatoms. The van der Waals surface area contributed by atoms with Gasteiger partial charge >= 0.3 is 0 Å². The Morgan fingerprint density at radius 2 is 2.25 bits per heavy atom. The minimum Gasteiger partial charge on any atom is -0.386 e. The van der Waals surface area contributed by atoms with Gasteiger partial charge < -0.3 is 14.6 Å². The maximum Gasteiger partial charge on any atom is 0.117 e. The van der Waals surface area contributed by atoms with Crippen LogP contribution in [0.25, 0.3) is 0 Å². The van der Waals surface area contributed by atoms with E-state index in [1.165, 1.54) is 0 Å². The van der Waals surface area contributed by atoms with Crippen LogP contribution in [-0.4, -0.2) is 36.1 Å². The van der Waals surface area contributed by atoms with E-state index < -0.39 is 11.0 Å². The number of hydrogen-bond acceptors (Lipinski definition) is 4. The highest BCUT2D eigenvalue weighted by atomic mass is 16.5. The van der Waals surface area contributed by atoms with E-state index in [2.05, 4.69) is 6.07 Å². The highest BCUT2D eigenvalue weighted by Crippen LogP contribution is 2.55. The minimum atomic E-state index is -1.00. The quantitative estimate of drug-likeness (QED) is 0.720. The molecule has 0 amide bonds. The lowest BCUT2D eigenvalue weighted by molar-refractivity contribution is -0.157. The molecule has 0 radical (unpaired) electrons. The number of nitriles is 1. The van der Waals surface area contributed by atoms with Gasteiger partial charge in [0.15, 0.2) is 0 Å². The Labute approximate surface area is 95.2 Å². The zero-order valence-corrected chi connectivity index (χ0v) is 9.32. The molecule has 4 unspecified atom stereocenters. The van der Waals surface area contributed by atoms with Crippen molar-refractivity contribution in [1.82, 2.24) is 0 Å². The predicted molar refractivity (Wildman–Crippen MR) is 55.6 cm³/mol. The number of ether oxygens (including phenoxy) is 2. The minimum absolute atomic E-state index is 0.0887. The van der Waals surface area contributed by atoms with Crippen LogP contribution >= 0.6 is 0 Å². The van der Waals surface area contributed by atoms with Crippen molar-refractivity contribution in [2.24, 2.45) is 5.41 Å². The van der Waals surface area contributed by atoms with E-state index in [0.29, 0.717) is 19.4 Å². The molecule has 0 aliphatic carbocycles. The fourth-order valence-corrected chi connectivity index (χ4v) is 3.55. The summed E-state index contributed by atoms with van der Waals surface area (Å²) in [4.78, 5) is 0. The third kappa shape index (κ3) is 1.20. The summed E-state index contributed by atoms with van der Waals surface area (Å²) in [6.45, 7) is 0.978. The van der Waals surface area contributed by atoms with Crippen molar-refractivity contribution in [2.75, 3.05) is 13.2 Å². The molecule has 0 aromatic rings. The van der Waals surface area contributed by atoms with E-state index in [-0.39, 0.29) is 18.8 Å². The van der Waals surface area contributed by atoms with Gasteiger partial charge in [0.25, 0.3) is 0 Å². The maximum absolute atomic E-state index is 10.7. The van der Waals surface area contributed by atoms with E-state index in [0.717, 1.165) is 19.3 Å². The summed E-state index contributed by atoms with van der Waals surface area (Å²) in [7, 11) is 0. The lowest BCUT2D eigenvalue weighted by Crippen LogP contribution is -2.57. The number of fused-ring (bicyclic) bond motifs is 2. The molecular formula is C12H17NO3. The van der Waals surface area contributed by atoms with Crippen molar-refractivity contribution in [2.45, 2.75) is 49.9 Å². The molecule has 1 N–H and O–H groups in total. The van der Waals surface area contributed by atoms with Crippen LogP contribution in [0, 0.1) is 16.7 Å². The fourth-order valence-electron chi connectivity index (χ4n) is 3.55. The molecule has 3 heterocycles. The predicted octanol–water partition coefficient (Wildman–Crippen LogP) is 0.989. The molecule has 88 valence electrons. The second-order valence-electron chi connectivity index (χ2n) is 5.30. The summed E-state index contributed by atoms with van der Waals surface area (Å²) >= 11 is 0. The molecule has 4 atom stereocenters. The van der Waals surface area contributed by atoms with Crippen molar-refractivity contribution in [3.8, 4) is 6.07 Å². The molecule has 2 bridgehead atoms. The number of rotatable bonds is 1. The maximum atomic E-state index is 10.7. The molecule has 3 aliphatic heterocycles. The highest BCUT2D eigenvalue weighted by molar-refractivity contribution is 5.21. The van der Waals surface area contributed by atoms with Gasteiger partial charge in [-0.05, 0) is 32.1 Å². The van der Waals surface area contributed by atoms with Gasteiger partial charge in [0.1, 0.15) is 11.0 Å². The summed E-state index contributed by atoms with van der Waals surface area (Å²) in [6.07, 6.45) is 4.19. The molecule has 3 fully saturated rings. The van der Waals surface area contributed by atoms with Gasteiger partial charge in [0, 0.05) is 6.61 Å². The lowest BCUT2D eigenvalue weighted by Gasteiger charge is -2.45. The van der Waals surface area contributed by atoms with Crippen molar-refractivity contribution in [3.05, 3.63) is 0 Å². The largest absolute Gasteiger partial charge is 0.386 e. The Morgan fingerprint density at radius 1 is 1.38 bits per heavy atom. The molecule has 16 heavy (non-hydrogen) atoms. The van der Waals surface area contributed by atoms with Gasteiger partial charge in [0.2, 0.25) is 0 Å². The first-order chi connectivity index (χ1) is 7.70. The van der Waals surface area contributed by atoms with E-state index >= 15 is 0 Å². The van der Waals surface area contributed by atoms with E-state index in [1.807, 2.05) is 0 Å². The number of aliphatic hydroxyl groups is 1. The summed E-state index contributed by atoms with van der Waals surface area (Å²) in [6, 6.07) is 2.36.